The Bertz CT molecular complexity index is 1200. The summed E-state index contributed by atoms with van der Waals surface area (Å²) in [6.45, 7) is 2.38. The third kappa shape index (κ3) is 3.99. The van der Waals surface area contributed by atoms with Crippen LogP contribution < -0.4 is 14.8 Å². The number of hydrogen-bond donors (Lipinski definition) is 2. The molecule has 1 aromatic heterocycles. The Kier molecular flexibility index (Phi) is 6.02. The lowest BCUT2D eigenvalue weighted by Gasteiger charge is -2.20. The second-order valence-corrected chi connectivity index (χ2v) is 7.23. The maximum atomic E-state index is 13.1. The van der Waals surface area contributed by atoms with Crippen LogP contribution in [0.4, 0.5) is 10.5 Å². The number of methoxy groups -OCH3 is 2. The first-order chi connectivity index (χ1) is 15.5. The van der Waals surface area contributed by atoms with E-state index in [0.717, 1.165) is 16.5 Å². The molecule has 4 rings (SSSR count). The first-order valence-electron chi connectivity index (χ1n) is 10.3. The first kappa shape index (κ1) is 21.3. The van der Waals surface area contributed by atoms with Crippen molar-refractivity contribution in [2.45, 2.75) is 13.3 Å². The van der Waals surface area contributed by atoms with Crippen LogP contribution >= 0.6 is 0 Å². The third-order valence-electron chi connectivity index (χ3n) is 5.38. The monoisotopic (exact) mass is 435 g/mol. The molecule has 0 unspecified atom stereocenters. The Morgan fingerprint density at radius 1 is 1.12 bits per heavy atom. The highest BCUT2D eigenvalue weighted by Crippen LogP contribution is 2.33. The average molecular weight is 435 g/mol. The van der Waals surface area contributed by atoms with Gasteiger partial charge in [0.25, 0.3) is 0 Å². The quantitative estimate of drug-likeness (QED) is 0.587. The lowest BCUT2D eigenvalue weighted by molar-refractivity contribution is -0.136. The molecule has 0 spiro atoms. The molecule has 2 N–H and O–H groups in total. The number of aromatic amines is 1. The summed E-state index contributed by atoms with van der Waals surface area (Å²) in [6.07, 6.45) is 2.12. The zero-order valence-corrected chi connectivity index (χ0v) is 18.2. The minimum Gasteiger partial charge on any atom is -0.497 e. The van der Waals surface area contributed by atoms with Crippen molar-refractivity contribution < 1.29 is 23.8 Å². The summed E-state index contributed by atoms with van der Waals surface area (Å²) >= 11 is 0. The van der Waals surface area contributed by atoms with Gasteiger partial charge in [-0.05, 0) is 37.1 Å². The number of fused-ring (bicyclic) bond motifs is 3. The van der Waals surface area contributed by atoms with E-state index in [1.165, 1.54) is 12.0 Å². The van der Waals surface area contributed by atoms with Gasteiger partial charge in [0.2, 0.25) is 0 Å². The van der Waals surface area contributed by atoms with Crippen molar-refractivity contribution in [1.29, 1.82) is 0 Å². The van der Waals surface area contributed by atoms with E-state index in [-0.39, 0.29) is 12.6 Å². The number of anilines is 1. The van der Waals surface area contributed by atoms with Gasteiger partial charge in [0, 0.05) is 29.7 Å². The second-order valence-electron chi connectivity index (χ2n) is 7.23. The summed E-state index contributed by atoms with van der Waals surface area (Å²) < 4.78 is 15.9. The fourth-order valence-electron chi connectivity index (χ4n) is 3.82. The predicted octanol–water partition coefficient (Wildman–Crippen LogP) is 4.18. The normalized spacial score (nSPS) is 13.1. The summed E-state index contributed by atoms with van der Waals surface area (Å²) in [6, 6.07) is 12.6. The van der Waals surface area contributed by atoms with Gasteiger partial charge in [-0.3, -0.25) is 4.90 Å². The average Bonchev–Trinajstić information content (AvgIpc) is 3.06. The van der Waals surface area contributed by atoms with E-state index in [0.29, 0.717) is 41.4 Å². The van der Waals surface area contributed by atoms with Crippen molar-refractivity contribution in [2.75, 3.05) is 32.7 Å². The van der Waals surface area contributed by atoms with Crippen molar-refractivity contribution in [2.24, 2.45) is 0 Å². The maximum absolute atomic E-state index is 13.1. The smallest absolute Gasteiger partial charge is 0.341 e. The van der Waals surface area contributed by atoms with Crippen LogP contribution in [0, 0.1) is 0 Å². The molecule has 166 valence electrons. The van der Waals surface area contributed by atoms with Crippen LogP contribution in [-0.2, 0) is 16.0 Å². The molecule has 0 bridgehead atoms. The number of rotatable bonds is 5. The number of aromatic nitrogens is 1. The molecule has 2 heterocycles. The fourth-order valence-corrected chi connectivity index (χ4v) is 3.82. The molecular formula is C24H25N3O5. The number of amides is 2. The van der Waals surface area contributed by atoms with Gasteiger partial charge in [-0.15, -0.1) is 0 Å². The number of para-hydroxylation sites is 1. The van der Waals surface area contributed by atoms with Gasteiger partial charge in [-0.2, -0.15) is 0 Å². The number of carbonyl (C=O) groups is 2. The van der Waals surface area contributed by atoms with E-state index in [1.807, 2.05) is 24.3 Å². The summed E-state index contributed by atoms with van der Waals surface area (Å²) in [5.41, 5.74) is 3.41. The van der Waals surface area contributed by atoms with E-state index < -0.39 is 5.97 Å². The number of ether oxygens (including phenoxy) is 3. The summed E-state index contributed by atoms with van der Waals surface area (Å²) in [7, 11) is 3.08. The Balaban J connectivity index is 1.68. The summed E-state index contributed by atoms with van der Waals surface area (Å²) in [5.74, 6) is 0.602. The lowest BCUT2D eigenvalue weighted by Crippen LogP contribution is -2.32. The highest BCUT2D eigenvalue weighted by Gasteiger charge is 2.27. The van der Waals surface area contributed by atoms with Crippen LogP contribution in [0.2, 0.25) is 0 Å². The van der Waals surface area contributed by atoms with Crippen molar-refractivity contribution in [3.8, 4) is 11.5 Å². The number of hydrogen-bond acceptors (Lipinski definition) is 5. The van der Waals surface area contributed by atoms with E-state index >= 15 is 0 Å². The molecule has 8 nitrogen and oxygen atoms in total. The lowest BCUT2D eigenvalue weighted by atomic mass is 10.0. The zero-order chi connectivity index (χ0) is 22.7. The molecule has 32 heavy (non-hydrogen) atoms. The summed E-state index contributed by atoms with van der Waals surface area (Å²) in [4.78, 5) is 30.7. The molecule has 8 heteroatoms. The molecule has 3 aromatic rings. The molecular weight excluding hydrogens is 410 g/mol. The minimum absolute atomic E-state index is 0.237. The predicted molar refractivity (Wildman–Crippen MR) is 122 cm³/mol. The van der Waals surface area contributed by atoms with Crippen LogP contribution in [0.3, 0.4) is 0 Å². The van der Waals surface area contributed by atoms with Crippen LogP contribution in [0.25, 0.3) is 16.5 Å². The Labute approximate surface area is 185 Å². The molecule has 0 saturated heterocycles. The van der Waals surface area contributed by atoms with E-state index in [4.69, 9.17) is 14.2 Å². The van der Waals surface area contributed by atoms with Crippen LogP contribution in [0.15, 0.2) is 48.7 Å². The van der Waals surface area contributed by atoms with Crippen molar-refractivity contribution in [3.63, 3.8) is 0 Å². The van der Waals surface area contributed by atoms with E-state index in [9.17, 15) is 9.59 Å². The van der Waals surface area contributed by atoms with Gasteiger partial charge >= 0.3 is 12.0 Å². The largest absolute Gasteiger partial charge is 0.497 e. The van der Waals surface area contributed by atoms with Crippen molar-refractivity contribution >= 4 is 34.2 Å². The number of benzene rings is 2. The molecule has 1 aliphatic rings. The molecule has 0 fully saturated rings. The first-order valence-corrected chi connectivity index (χ1v) is 10.3. The van der Waals surface area contributed by atoms with Gasteiger partial charge in [-0.25, -0.2) is 9.59 Å². The number of urea groups is 1. The van der Waals surface area contributed by atoms with E-state index in [1.54, 1.807) is 38.4 Å². The Morgan fingerprint density at radius 3 is 2.69 bits per heavy atom. The zero-order valence-electron chi connectivity index (χ0n) is 18.2. The highest BCUT2D eigenvalue weighted by molar-refractivity contribution is 6.18. The van der Waals surface area contributed by atoms with Gasteiger partial charge in [-0.1, -0.05) is 18.2 Å². The second kappa shape index (κ2) is 9.05. The molecule has 0 radical (unpaired) electrons. The highest BCUT2D eigenvalue weighted by atomic mass is 16.5. The molecule has 0 saturated carbocycles. The number of carbonyl (C=O) groups excluding carboxylic acids is 2. The van der Waals surface area contributed by atoms with Gasteiger partial charge in [0.1, 0.15) is 11.5 Å². The topological polar surface area (TPSA) is 92.9 Å². The SMILES string of the molecule is CCOC(=O)C1=CN(C(=O)Nc2ccc(OC)cc2OC)CCc2c1[nH]c1ccccc21. The molecule has 2 amide bonds. The molecule has 0 atom stereocenters. The van der Waals surface area contributed by atoms with E-state index in [2.05, 4.69) is 10.3 Å². The number of H-pyrrole nitrogens is 1. The van der Waals surface area contributed by atoms with Crippen LogP contribution in [0.1, 0.15) is 18.2 Å². The Morgan fingerprint density at radius 2 is 1.94 bits per heavy atom. The number of esters is 1. The maximum Gasteiger partial charge on any atom is 0.341 e. The van der Waals surface area contributed by atoms with Gasteiger partial charge in [0.15, 0.2) is 0 Å². The summed E-state index contributed by atoms with van der Waals surface area (Å²) in [5, 5.41) is 3.88. The van der Waals surface area contributed by atoms with Gasteiger partial charge < -0.3 is 24.5 Å². The molecule has 0 aliphatic carbocycles. The number of nitrogens with zero attached hydrogens (tertiary/aromatic N) is 1. The van der Waals surface area contributed by atoms with Crippen molar-refractivity contribution in [3.05, 3.63) is 59.9 Å². The minimum atomic E-state index is -0.484. The number of nitrogens with one attached hydrogen (secondary N) is 2. The van der Waals surface area contributed by atoms with Gasteiger partial charge in [0.05, 0.1) is 37.8 Å². The fraction of sp³-hybridized carbons (Fsp3) is 0.250. The van der Waals surface area contributed by atoms with Crippen LogP contribution in [-0.4, -0.2) is 49.3 Å². The standard InChI is InChI=1S/C24H25N3O5/c1-4-32-23(28)18-14-27(12-11-17-16-7-5-6-8-19(16)25-22(17)18)24(29)26-20-10-9-15(30-2)13-21(20)31-3/h5-10,13-14,25H,4,11-12H2,1-3H3,(H,26,29). The molecule has 2 aromatic carbocycles. The third-order valence-corrected chi connectivity index (χ3v) is 5.38. The van der Waals surface area contributed by atoms with Crippen LogP contribution in [0.5, 0.6) is 11.5 Å². The molecule has 1 aliphatic heterocycles. The van der Waals surface area contributed by atoms with Crippen molar-refractivity contribution in [1.82, 2.24) is 9.88 Å². The Hall–Kier alpha value is -3.94.